The van der Waals surface area contributed by atoms with Gasteiger partial charge in [-0.1, -0.05) is 12.1 Å². The van der Waals surface area contributed by atoms with E-state index in [0.717, 1.165) is 11.4 Å². The van der Waals surface area contributed by atoms with E-state index in [9.17, 15) is 0 Å². The van der Waals surface area contributed by atoms with Gasteiger partial charge in [-0.15, -0.1) is 0 Å². The number of hydrogen-bond acceptors (Lipinski definition) is 1. The Morgan fingerprint density at radius 3 is 2.38 bits per heavy atom. The highest BCUT2D eigenvalue weighted by Gasteiger charge is 2.01. The molecule has 2 aromatic rings. The summed E-state index contributed by atoms with van der Waals surface area (Å²) in [6.07, 6.45) is 3.94. The first-order chi connectivity index (χ1) is 6.42. The molecule has 0 aliphatic rings. The number of hydrogen-bond donors (Lipinski definition) is 0. The predicted octanol–water partition coefficient (Wildman–Crippen LogP) is 2.65. The molecule has 0 amide bonds. The van der Waals surface area contributed by atoms with E-state index in [0.29, 0.717) is 0 Å². The molecule has 0 atom stereocenters. The van der Waals surface area contributed by atoms with Crippen LogP contribution in [-0.4, -0.2) is 4.57 Å². The highest BCUT2D eigenvalue weighted by Crippen LogP contribution is 2.21. The minimum absolute atomic E-state index is 0.777. The zero-order chi connectivity index (χ0) is 9.10. The molecule has 65 valence electrons. The van der Waals surface area contributed by atoms with Crippen LogP contribution < -0.4 is 4.74 Å². The molecule has 0 saturated heterocycles. The minimum Gasteiger partial charge on any atom is -0.488 e. The van der Waals surface area contributed by atoms with E-state index in [2.05, 4.69) is 7.11 Å². The van der Waals surface area contributed by atoms with Crippen molar-refractivity contribution >= 4 is 0 Å². The number of rotatable bonds is 2. The minimum atomic E-state index is 0.777. The maximum absolute atomic E-state index is 5.00. The molecule has 0 aliphatic carbocycles. The van der Waals surface area contributed by atoms with Crippen LogP contribution in [-0.2, 0) is 0 Å². The number of nitrogens with zero attached hydrogens (tertiary/aromatic N) is 1. The highest BCUT2D eigenvalue weighted by atomic mass is 16.5. The van der Waals surface area contributed by atoms with Gasteiger partial charge < -0.3 is 9.30 Å². The molecule has 0 spiro atoms. The third-order valence-electron chi connectivity index (χ3n) is 1.90. The van der Waals surface area contributed by atoms with Gasteiger partial charge in [-0.3, -0.25) is 0 Å². The fourth-order valence-corrected chi connectivity index (χ4v) is 1.29. The smallest absolute Gasteiger partial charge is 0.143 e. The van der Waals surface area contributed by atoms with Gasteiger partial charge in [0.15, 0.2) is 0 Å². The van der Waals surface area contributed by atoms with Crippen LogP contribution in [0.5, 0.6) is 5.75 Å². The lowest BCUT2D eigenvalue weighted by atomic mass is 10.3. The first kappa shape index (κ1) is 7.92. The molecule has 13 heavy (non-hydrogen) atoms. The molecular weight excluding hydrogens is 162 g/mol. The van der Waals surface area contributed by atoms with Crippen LogP contribution in [0.25, 0.3) is 5.69 Å². The topological polar surface area (TPSA) is 14.2 Å². The van der Waals surface area contributed by atoms with Crippen LogP contribution in [0.1, 0.15) is 0 Å². The van der Waals surface area contributed by atoms with Gasteiger partial charge in [-0.05, 0) is 24.3 Å². The van der Waals surface area contributed by atoms with E-state index < -0.39 is 0 Å². The fraction of sp³-hybridized carbons (Fsp3) is 0. The second kappa shape index (κ2) is 3.35. The molecule has 2 nitrogen and oxygen atoms in total. The molecule has 1 heterocycles. The average Bonchev–Trinajstić information content (AvgIpc) is 2.70. The normalized spacial score (nSPS) is 9.92. The van der Waals surface area contributed by atoms with Crippen LogP contribution in [0.3, 0.4) is 0 Å². The highest BCUT2D eigenvalue weighted by molar-refractivity contribution is 5.46. The van der Waals surface area contributed by atoms with E-state index >= 15 is 0 Å². The molecule has 1 radical (unpaired) electrons. The summed E-state index contributed by atoms with van der Waals surface area (Å²) in [6.45, 7) is 0. The Morgan fingerprint density at radius 2 is 1.69 bits per heavy atom. The number of benzene rings is 1. The van der Waals surface area contributed by atoms with Gasteiger partial charge in [0.1, 0.15) is 12.9 Å². The summed E-state index contributed by atoms with van der Waals surface area (Å²) >= 11 is 0. The number of aromatic nitrogens is 1. The number of ether oxygens (including phenoxy) is 1. The summed E-state index contributed by atoms with van der Waals surface area (Å²) in [5, 5.41) is 0. The van der Waals surface area contributed by atoms with Crippen molar-refractivity contribution in [2.45, 2.75) is 0 Å². The van der Waals surface area contributed by atoms with Crippen molar-refractivity contribution in [1.29, 1.82) is 0 Å². The largest absolute Gasteiger partial charge is 0.488 e. The molecular formula is C11H10NO. The van der Waals surface area contributed by atoms with Crippen molar-refractivity contribution in [3.63, 3.8) is 0 Å². The Balaban J connectivity index is 2.51. The van der Waals surface area contributed by atoms with E-state index in [4.69, 9.17) is 4.74 Å². The van der Waals surface area contributed by atoms with E-state index in [1.165, 1.54) is 0 Å². The standard InChI is InChI=1S/C11H10NO/c1-13-11-7-3-2-6-10(11)12-8-4-5-9-12/h2-9H,1H2. The van der Waals surface area contributed by atoms with Crippen molar-refractivity contribution in [2.75, 3.05) is 0 Å². The predicted molar refractivity (Wildman–Crippen MR) is 51.8 cm³/mol. The lowest BCUT2D eigenvalue weighted by Crippen LogP contribution is -1.92. The summed E-state index contributed by atoms with van der Waals surface area (Å²) in [5.41, 5.74) is 1.00. The SMILES string of the molecule is [CH2]Oc1ccccc1-n1cccc1. The zero-order valence-electron chi connectivity index (χ0n) is 7.18. The van der Waals surface area contributed by atoms with Crippen molar-refractivity contribution in [3.05, 3.63) is 55.9 Å². The van der Waals surface area contributed by atoms with Gasteiger partial charge in [0.05, 0.1) is 5.69 Å². The van der Waals surface area contributed by atoms with Gasteiger partial charge in [0.2, 0.25) is 0 Å². The quantitative estimate of drug-likeness (QED) is 0.679. The summed E-state index contributed by atoms with van der Waals surface area (Å²) in [7, 11) is 3.41. The lowest BCUT2D eigenvalue weighted by Gasteiger charge is -2.07. The molecule has 2 heteroatoms. The zero-order valence-corrected chi connectivity index (χ0v) is 7.18. The molecule has 0 N–H and O–H groups in total. The Bertz CT molecular complexity index is 379. The molecule has 0 fully saturated rings. The van der Waals surface area contributed by atoms with Gasteiger partial charge in [0, 0.05) is 12.4 Å². The van der Waals surface area contributed by atoms with Gasteiger partial charge in [-0.25, -0.2) is 0 Å². The second-order valence-electron chi connectivity index (χ2n) is 2.70. The first-order valence-electron chi connectivity index (χ1n) is 4.06. The first-order valence-corrected chi connectivity index (χ1v) is 4.06. The summed E-state index contributed by atoms with van der Waals surface area (Å²) in [5.74, 6) is 0.777. The van der Waals surface area contributed by atoms with Crippen LogP contribution >= 0.6 is 0 Å². The molecule has 0 saturated carbocycles. The maximum Gasteiger partial charge on any atom is 0.143 e. The van der Waals surface area contributed by atoms with Gasteiger partial charge in [0.25, 0.3) is 0 Å². The van der Waals surface area contributed by atoms with Crippen LogP contribution in [0.4, 0.5) is 0 Å². The fourth-order valence-electron chi connectivity index (χ4n) is 1.29. The van der Waals surface area contributed by atoms with Gasteiger partial charge >= 0.3 is 0 Å². The lowest BCUT2D eigenvalue weighted by molar-refractivity contribution is 0.470. The third kappa shape index (κ3) is 1.43. The maximum atomic E-state index is 5.00. The molecule has 0 aliphatic heterocycles. The van der Waals surface area contributed by atoms with Crippen LogP contribution in [0.2, 0.25) is 0 Å². The Kier molecular flexibility index (Phi) is 2.04. The van der Waals surface area contributed by atoms with Crippen LogP contribution in [0, 0.1) is 7.11 Å². The van der Waals surface area contributed by atoms with Crippen LogP contribution in [0.15, 0.2) is 48.8 Å². The molecule has 2 rings (SSSR count). The summed E-state index contributed by atoms with van der Waals surface area (Å²) < 4.78 is 6.98. The molecule has 1 aromatic carbocycles. The summed E-state index contributed by atoms with van der Waals surface area (Å²) in [6, 6.07) is 11.7. The second-order valence-corrected chi connectivity index (χ2v) is 2.70. The Labute approximate surface area is 77.4 Å². The van der Waals surface area contributed by atoms with Gasteiger partial charge in [-0.2, -0.15) is 0 Å². The monoisotopic (exact) mass is 172 g/mol. The Morgan fingerprint density at radius 1 is 1.00 bits per heavy atom. The average molecular weight is 172 g/mol. The van der Waals surface area contributed by atoms with Crippen molar-refractivity contribution in [3.8, 4) is 11.4 Å². The van der Waals surface area contributed by atoms with Crippen molar-refractivity contribution < 1.29 is 4.74 Å². The molecule has 0 bridgehead atoms. The van der Waals surface area contributed by atoms with Crippen molar-refractivity contribution in [2.24, 2.45) is 0 Å². The van der Waals surface area contributed by atoms with E-state index in [-0.39, 0.29) is 0 Å². The molecule has 0 unspecified atom stereocenters. The molecule has 1 aromatic heterocycles. The summed E-state index contributed by atoms with van der Waals surface area (Å²) in [4.78, 5) is 0. The third-order valence-corrected chi connectivity index (χ3v) is 1.90. The van der Waals surface area contributed by atoms with E-state index in [1.807, 2.05) is 53.4 Å². The Hall–Kier alpha value is -1.70. The van der Waals surface area contributed by atoms with Crippen molar-refractivity contribution in [1.82, 2.24) is 4.57 Å². The number of para-hydroxylation sites is 2. The van der Waals surface area contributed by atoms with E-state index in [1.54, 1.807) is 0 Å².